The standard InChI is InChI=1S/C22H22BrNO5/c23-18-8-4-7-16(9-18)22(29-14-20(25)26)11-19-10-17(22)12-24(19)21(27)28-13-15-5-2-1-3-6-15/h1-9,17,19H,10-14H2,(H,25,26). The minimum Gasteiger partial charge on any atom is -0.480 e. The van der Waals surface area contributed by atoms with Gasteiger partial charge in [-0.1, -0.05) is 58.4 Å². The molecule has 1 aliphatic heterocycles. The predicted octanol–water partition coefficient (Wildman–Crippen LogP) is 4.18. The molecule has 2 aromatic rings. The number of halogens is 1. The Morgan fingerprint density at radius 1 is 1.17 bits per heavy atom. The maximum atomic E-state index is 12.6. The average Bonchev–Trinajstić information content (AvgIpc) is 3.30. The predicted molar refractivity (Wildman–Crippen MR) is 109 cm³/mol. The molecular formula is C22H22BrNO5. The summed E-state index contributed by atoms with van der Waals surface area (Å²) in [7, 11) is 0. The molecule has 2 bridgehead atoms. The monoisotopic (exact) mass is 459 g/mol. The van der Waals surface area contributed by atoms with Gasteiger partial charge in [-0.05, 0) is 29.7 Å². The first-order valence-corrected chi connectivity index (χ1v) is 10.4. The summed E-state index contributed by atoms with van der Waals surface area (Å²) in [5.41, 5.74) is 1.18. The Morgan fingerprint density at radius 3 is 2.62 bits per heavy atom. The van der Waals surface area contributed by atoms with E-state index in [4.69, 9.17) is 14.6 Å². The van der Waals surface area contributed by atoms with E-state index in [1.807, 2.05) is 54.6 Å². The zero-order valence-electron chi connectivity index (χ0n) is 15.8. The van der Waals surface area contributed by atoms with E-state index >= 15 is 0 Å². The second-order valence-corrected chi connectivity index (χ2v) is 8.48. The summed E-state index contributed by atoms with van der Waals surface area (Å²) in [4.78, 5) is 25.6. The highest BCUT2D eigenvalue weighted by Gasteiger charge is 2.58. The van der Waals surface area contributed by atoms with Gasteiger partial charge < -0.3 is 19.5 Å². The summed E-state index contributed by atoms with van der Waals surface area (Å²) in [6, 6.07) is 17.3. The zero-order chi connectivity index (χ0) is 20.4. The highest BCUT2D eigenvalue weighted by atomic mass is 79.9. The number of fused-ring (bicyclic) bond motifs is 2. The number of ether oxygens (including phenoxy) is 2. The number of rotatable bonds is 6. The van der Waals surface area contributed by atoms with Gasteiger partial charge in [-0.2, -0.15) is 0 Å². The van der Waals surface area contributed by atoms with Crippen LogP contribution in [0, 0.1) is 5.92 Å². The van der Waals surface area contributed by atoms with Gasteiger partial charge in [0.2, 0.25) is 0 Å². The molecule has 0 aromatic heterocycles. The quantitative estimate of drug-likeness (QED) is 0.700. The lowest BCUT2D eigenvalue weighted by molar-refractivity contribution is -0.156. The molecular weight excluding hydrogens is 438 g/mol. The molecule has 0 spiro atoms. The van der Waals surface area contributed by atoms with Crippen molar-refractivity contribution in [3.8, 4) is 0 Å². The zero-order valence-corrected chi connectivity index (χ0v) is 17.4. The number of hydrogen-bond acceptors (Lipinski definition) is 4. The number of carboxylic acid groups (broad SMARTS) is 1. The lowest BCUT2D eigenvalue weighted by Gasteiger charge is -2.41. The number of hydrogen-bond donors (Lipinski definition) is 1. The SMILES string of the molecule is O=C(O)COC1(c2cccc(Br)c2)CC2CC1CN2C(=O)OCc1ccccc1. The molecule has 0 radical (unpaired) electrons. The van der Waals surface area contributed by atoms with Crippen LogP contribution in [-0.2, 0) is 26.5 Å². The summed E-state index contributed by atoms with van der Waals surface area (Å²) in [6.45, 7) is 0.360. The number of piperidine rings is 1. The van der Waals surface area contributed by atoms with Crippen molar-refractivity contribution in [2.45, 2.75) is 31.1 Å². The van der Waals surface area contributed by atoms with Gasteiger partial charge in [0, 0.05) is 29.4 Å². The van der Waals surface area contributed by atoms with Crippen molar-refractivity contribution in [3.05, 3.63) is 70.2 Å². The van der Waals surface area contributed by atoms with Crippen molar-refractivity contribution in [2.75, 3.05) is 13.2 Å². The molecule has 6 nitrogen and oxygen atoms in total. The second kappa shape index (κ2) is 8.16. The van der Waals surface area contributed by atoms with Crippen LogP contribution in [0.15, 0.2) is 59.1 Å². The minimum atomic E-state index is -0.999. The maximum absolute atomic E-state index is 12.6. The summed E-state index contributed by atoms with van der Waals surface area (Å²) < 4.78 is 12.4. The fraction of sp³-hybridized carbons (Fsp3) is 0.364. The van der Waals surface area contributed by atoms with E-state index in [2.05, 4.69) is 15.9 Å². The molecule has 2 aliphatic rings. The second-order valence-electron chi connectivity index (χ2n) is 7.57. The lowest BCUT2D eigenvalue weighted by atomic mass is 9.82. The smallest absolute Gasteiger partial charge is 0.410 e. The van der Waals surface area contributed by atoms with Gasteiger partial charge in [-0.25, -0.2) is 9.59 Å². The first kappa shape index (κ1) is 19.9. The summed E-state index contributed by atoms with van der Waals surface area (Å²) in [5.74, 6) is -0.980. The number of nitrogens with zero attached hydrogens (tertiary/aromatic N) is 1. The third-order valence-corrected chi connectivity index (χ3v) is 6.31. The molecule has 3 atom stereocenters. The number of carboxylic acids is 1. The largest absolute Gasteiger partial charge is 0.480 e. The molecule has 1 aliphatic carbocycles. The van der Waals surface area contributed by atoms with Gasteiger partial charge in [0.15, 0.2) is 0 Å². The van der Waals surface area contributed by atoms with Crippen LogP contribution in [0.3, 0.4) is 0 Å². The molecule has 29 heavy (non-hydrogen) atoms. The first-order chi connectivity index (χ1) is 14.0. The molecule has 1 saturated heterocycles. The Bertz CT molecular complexity index is 905. The van der Waals surface area contributed by atoms with Crippen molar-refractivity contribution in [1.29, 1.82) is 0 Å². The van der Waals surface area contributed by atoms with Crippen molar-refractivity contribution >= 4 is 28.0 Å². The first-order valence-electron chi connectivity index (χ1n) is 9.57. The fourth-order valence-electron chi connectivity index (χ4n) is 4.55. The van der Waals surface area contributed by atoms with Crippen molar-refractivity contribution in [2.24, 2.45) is 5.92 Å². The molecule has 3 unspecified atom stereocenters. The Balaban J connectivity index is 1.48. The number of carbonyl (C=O) groups is 2. The van der Waals surface area contributed by atoms with Crippen LogP contribution >= 0.6 is 15.9 Å². The van der Waals surface area contributed by atoms with Crippen LogP contribution in [0.2, 0.25) is 0 Å². The van der Waals surface area contributed by atoms with Crippen molar-refractivity contribution < 1.29 is 24.2 Å². The number of amides is 1. The molecule has 1 heterocycles. The van der Waals surface area contributed by atoms with Crippen LogP contribution in [-0.4, -0.2) is 41.3 Å². The molecule has 4 rings (SSSR count). The molecule has 1 saturated carbocycles. The van der Waals surface area contributed by atoms with Gasteiger partial charge in [-0.3, -0.25) is 0 Å². The van der Waals surface area contributed by atoms with E-state index in [0.29, 0.717) is 13.0 Å². The number of aliphatic carboxylic acids is 1. The minimum absolute atomic E-state index is 0.0189. The Morgan fingerprint density at radius 2 is 1.97 bits per heavy atom. The third-order valence-electron chi connectivity index (χ3n) is 5.82. The third kappa shape index (κ3) is 4.02. The van der Waals surface area contributed by atoms with E-state index in [1.54, 1.807) is 4.90 Å². The van der Waals surface area contributed by atoms with Gasteiger partial charge in [-0.15, -0.1) is 0 Å². The molecule has 152 valence electrons. The van der Waals surface area contributed by atoms with Crippen molar-refractivity contribution in [3.63, 3.8) is 0 Å². The number of carbonyl (C=O) groups excluding carboxylic acids is 1. The maximum Gasteiger partial charge on any atom is 0.410 e. The fourth-order valence-corrected chi connectivity index (χ4v) is 4.95. The molecule has 2 aromatic carbocycles. The van der Waals surface area contributed by atoms with Crippen molar-refractivity contribution in [1.82, 2.24) is 4.90 Å². The topological polar surface area (TPSA) is 76.1 Å². The van der Waals surface area contributed by atoms with E-state index in [0.717, 1.165) is 22.0 Å². The van der Waals surface area contributed by atoms with E-state index in [9.17, 15) is 9.59 Å². The highest BCUT2D eigenvalue weighted by molar-refractivity contribution is 9.10. The normalized spacial score (nSPS) is 25.2. The van der Waals surface area contributed by atoms with E-state index in [-0.39, 0.29) is 31.3 Å². The number of benzene rings is 2. The summed E-state index contributed by atoms with van der Waals surface area (Å²) in [6.07, 6.45) is 0.997. The van der Waals surface area contributed by atoms with Crippen LogP contribution in [0.5, 0.6) is 0 Å². The lowest BCUT2D eigenvalue weighted by Crippen LogP contribution is -2.48. The Hall–Kier alpha value is -2.38. The van der Waals surface area contributed by atoms with Crippen LogP contribution in [0.25, 0.3) is 0 Å². The summed E-state index contributed by atoms with van der Waals surface area (Å²) in [5, 5.41) is 9.16. The average molecular weight is 460 g/mol. The molecule has 2 fully saturated rings. The van der Waals surface area contributed by atoms with Gasteiger partial charge in [0.1, 0.15) is 18.8 Å². The highest BCUT2D eigenvalue weighted by Crippen LogP contribution is 2.53. The summed E-state index contributed by atoms with van der Waals surface area (Å²) >= 11 is 3.49. The van der Waals surface area contributed by atoms with Gasteiger partial charge in [0.05, 0.1) is 0 Å². The molecule has 7 heteroatoms. The van der Waals surface area contributed by atoms with Crippen LogP contribution < -0.4 is 0 Å². The Kier molecular flexibility index (Phi) is 5.61. The Labute approximate surface area is 177 Å². The number of likely N-dealkylation sites (tertiary alicyclic amines) is 1. The van der Waals surface area contributed by atoms with Crippen LogP contribution in [0.1, 0.15) is 24.0 Å². The molecule has 1 amide bonds. The van der Waals surface area contributed by atoms with Gasteiger partial charge >= 0.3 is 12.1 Å². The van der Waals surface area contributed by atoms with Crippen LogP contribution in [0.4, 0.5) is 4.79 Å². The van der Waals surface area contributed by atoms with Gasteiger partial charge in [0.25, 0.3) is 0 Å². The molecule has 1 N–H and O–H groups in total. The van der Waals surface area contributed by atoms with E-state index < -0.39 is 11.6 Å². The van der Waals surface area contributed by atoms with E-state index in [1.165, 1.54) is 0 Å².